The van der Waals surface area contributed by atoms with Gasteiger partial charge in [0.25, 0.3) is 0 Å². The minimum absolute atomic E-state index is 0.0270. The molecule has 0 unspecified atom stereocenters. The fourth-order valence-electron chi connectivity index (χ4n) is 1.42. The molecule has 0 aliphatic carbocycles. The summed E-state index contributed by atoms with van der Waals surface area (Å²) in [5.74, 6) is 0. The zero-order chi connectivity index (χ0) is 14.2. The molecule has 0 spiro atoms. The van der Waals surface area contributed by atoms with Crippen LogP contribution in [-0.2, 0) is 14.2 Å². The summed E-state index contributed by atoms with van der Waals surface area (Å²) in [6.07, 6.45) is 0. The molecule has 7 heteroatoms. The molecule has 0 fully saturated rings. The van der Waals surface area contributed by atoms with E-state index in [1.54, 1.807) is 0 Å². The summed E-state index contributed by atoms with van der Waals surface area (Å²) in [5.41, 5.74) is 0. The van der Waals surface area contributed by atoms with Crippen molar-refractivity contribution in [3.8, 4) is 0 Å². The highest BCUT2D eigenvalue weighted by atomic mass is 16.5. The van der Waals surface area contributed by atoms with Gasteiger partial charge >= 0.3 is 0 Å². The van der Waals surface area contributed by atoms with Crippen LogP contribution in [0, 0.1) is 0 Å². The van der Waals surface area contributed by atoms with Crippen LogP contribution < -0.4 is 0 Å². The zero-order valence-corrected chi connectivity index (χ0v) is 11.5. The van der Waals surface area contributed by atoms with Gasteiger partial charge in [0.15, 0.2) is 0 Å². The number of hydrogen-bond donors (Lipinski definition) is 3. The van der Waals surface area contributed by atoms with Gasteiger partial charge in [0.05, 0.1) is 59.5 Å². The molecule has 0 rings (SSSR count). The number of nitrogens with zero attached hydrogens (tertiary/aromatic N) is 1. The average Bonchev–Trinajstić information content (AvgIpc) is 2.43. The van der Waals surface area contributed by atoms with Crippen molar-refractivity contribution >= 4 is 0 Å². The first-order chi connectivity index (χ1) is 9.35. The van der Waals surface area contributed by atoms with Crippen LogP contribution in [-0.4, -0.2) is 99.3 Å². The molecule has 0 aromatic carbocycles. The van der Waals surface area contributed by atoms with Crippen LogP contribution in [0.1, 0.15) is 0 Å². The maximum atomic E-state index is 8.61. The normalized spacial score (nSPS) is 11.4. The Labute approximate surface area is 114 Å². The van der Waals surface area contributed by atoms with E-state index in [1.165, 1.54) is 0 Å². The van der Waals surface area contributed by atoms with E-state index in [-0.39, 0.29) is 19.8 Å². The third-order valence-electron chi connectivity index (χ3n) is 2.36. The highest BCUT2D eigenvalue weighted by Crippen LogP contribution is 1.91. The fourth-order valence-corrected chi connectivity index (χ4v) is 1.42. The Hall–Kier alpha value is -0.280. The quantitative estimate of drug-likeness (QED) is 0.309. The van der Waals surface area contributed by atoms with Crippen LogP contribution in [0.4, 0.5) is 0 Å². The topological polar surface area (TPSA) is 91.6 Å². The predicted octanol–water partition coefficient (Wildman–Crippen LogP) is -1.68. The van der Waals surface area contributed by atoms with Gasteiger partial charge in [-0.3, -0.25) is 4.90 Å². The Morgan fingerprint density at radius 1 is 0.526 bits per heavy atom. The standard InChI is InChI=1S/C12H27NO6/c14-4-10-17-7-1-13(2-8-18-11-5-15)3-9-19-12-6-16/h14-16H,1-12H2. The molecule has 0 bridgehead atoms. The molecule has 0 saturated heterocycles. The third-order valence-corrected chi connectivity index (χ3v) is 2.36. The van der Waals surface area contributed by atoms with E-state index in [2.05, 4.69) is 4.90 Å². The minimum atomic E-state index is 0.0270. The molecule has 19 heavy (non-hydrogen) atoms. The number of hydrogen-bond acceptors (Lipinski definition) is 7. The molecule has 0 aliphatic heterocycles. The molecule has 0 saturated carbocycles. The summed E-state index contributed by atoms with van der Waals surface area (Å²) in [6.45, 7) is 4.92. The second-order valence-corrected chi connectivity index (χ2v) is 3.85. The molecule has 0 heterocycles. The van der Waals surface area contributed by atoms with Gasteiger partial charge in [-0.05, 0) is 0 Å². The van der Waals surface area contributed by atoms with Crippen molar-refractivity contribution in [1.82, 2.24) is 4.90 Å². The van der Waals surface area contributed by atoms with Gasteiger partial charge in [0.2, 0.25) is 0 Å². The van der Waals surface area contributed by atoms with Crippen LogP contribution in [0.15, 0.2) is 0 Å². The van der Waals surface area contributed by atoms with Gasteiger partial charge in [-0.15, -0.1) is 0 Å². The molecule has 0 amide bonds. The lowest BCUT2D eigenvalue weighted by Crippen LogP contribution is -2.34. The molecule has 116 valence electrons. The summed E-state index contributed by atoms with van der Waals surface area (Å²) >= 11 is 0. The van der Waals surface area contributed by atoms with Crippen LogP contribution in [0.2, 0.25) is 0 Å². The minimum Gasteiger partial charge on any atom is -0.394 e. The lowest BCUT2D eigenvalue weighted by Gasteiger charge is -2.22. The maximum Gasteiger partial charge on any atom is 0.0698 e. The van der Waals surface area contributed by atoms with Gasteiger partial charge < -0.3 is 29.5 Å². The van der Waals surface area contributed by atoms with E-state index in [0.717, 1.165) is 19.6 Å². The van der Waals surface area contributed by atoms with E-state index in [0.29, 0.717) is 39.6 Å². The van der Waals surface area contributed by atoms with Crippen molar-refractivity contribution in [3.63, 3.8) is 0 Å². The Balaban J connectivity index is 3.66. The van der Waals surface area contributed by atoms with Crippen molar-refractivity contribution < 1.29 is 29.5 Å². The third kappa shape index (κ3) is 13.9. The molecule has 0 aromatic rings. The lowest BCUT2D eigenvalue weighted by atomic mass is 10.4. The van der Waals surface area contributed by atoms with Crippen LogP contribution >= 0.6 is 0 Å². The summed E-state index contributed by atoms with van der Waals surface area (Å²) < 4.78 is 15.6. The van der Waals surface area contributed by atoms with E-state index < -0.39 is 0 Å². The van der Waals surface area contributed by atoms with Gasteiger partial charge in [-0.25, -0.2) is 0 Å². The van der Waals surface area contributed by atoms with E-state index in [4.69, 9.17) is 29.5 Å². The smallest absolute Gasteiger partial charge is 0.0698 e. The zero-order valence-electron chi connectivity index (χ0n) is 11.5. The summed E-state index contributed by atoms with van der Waals surface area (Å²) in [4.78, 5) is 2.12. The Bertz CT molecular complexity index is 144. The fraction of sp³-hybridized carbons (Fsp3) is 1.00. The van der Waals surface area contributed by atoms with Gasteiger partial charge in [-0.1, -0.05) is 0 Å². The number of ether oxygens (including phenoxy) is 3. The maximum absolute atomic E-state index is 8.61. The Kier molecular flexibility index (Phi) is 15.5. The molecular formula is C12H27NO6. The summed E-state index contributed by atoms with van der Waals surface area (Å²) in [6, 6.07) is 0. The first-order valence-corrected chi connectivity index (χ1v) is 6.63. The second-order valence-electron chi connectivity index (χ2n) is 3.85. The van der Waals surface area contributed by atoms with Crippen molar-refractivity contribution in [2.24, 2.45) is 0 Å². The Morgan fingerprint density at radius 3 is 1.11 bits per heavy atom. The first kappa shape index (κ1) is 18.7. The van der Waals surface area contributed by atoms with Crippen molar-refractivity contribution in [3.05, 3.63) is 0 Å². The number of aliphatic hydroxyl groups excluding tert-OH is 3. The largest absolute Gasteiger partial charge is 0.394 e. The predicted molar refractivity (Wildman–Crippen MR) is 70.2 cm³/mol. The van der Waals surface area contributed by atoms with Gasteiger partial charge in [-0.2, -0.15) is 0 Å². The Morgan fingerprint density at radius 2 is 0.842 bits per heavy atom. The SMILES string of the molecule is OCCOCCN(CCOCCO)CCOCCO. The molecule has 0 radical (unpaired) electrons. The van der Waals surface area contributed by atoms with Crippen LogP contribution in [0.5, 0.6) is 0 Å². The molecule has 7 nitrogen and oxygen atoms in total. The van der Waals surface area contributed by atoms with Crippen molar-refractivity contribution in [1.29, 1.82) is 0 Å². The molecular weight excluding hydrogens is 254 g/mol. The lowest BCUT2D eigenvalue weighted by molar-refractivity contribution is 0.0325. The number of aliphatic hydroxyl groups is 3. The summed E-state index contributed by atoms with van der Waals surface area (Å²) in [7, 11) is 0. The van der Waals surface area contributed by atoms with E-state index in [1.807, 2.05) is 0 Å². The monoisotopic (exact) mass is 281 g/mol. The second kappa shape index (κ2) is 15.8. The molecule has 0 aliphatic rings. The van der Waals surface area contributed by atoms with Gasteiger partial charge in [0.1, 0.15) is 0 Å². The molecule has 0 aromatic heterocycles. The van der Waals surface area contributed by atoms with E-state index in [9.17, 15) is 0 Å². The van der Waals surface area contributed by atoms with Crippen molar-refractivity contribution in [2.45, 2.75) is 0 Å². The summed E-state index contributed by atoms with van der Waals surface area (Å²) in [5, 5.41) is 25.8. The van der Waals surface area contributed by atoms with Crippen molar-refractivity contribution in [2.75, 3.05) is 79.1 Å². The van der Waals surface area contributed by atoms with E-state index >= 15 is 0 Å². The number of rotatable bonds is 15. The van der Waals surface area contributed by atoms with Crippen LogP contribution in [0.25, 0.3) is 0 Å². The highest BCUT2D eigenvalue weighted by Gasteiger charge is 2.05. The molecule has 0 atom stereocenters. The first-order valence-electron chi connectivity index (χ1n) is 6.63. The van der Waals surface area contributed by atoms with Gasteiger partial charge in [0, 0.05) is 19.6 Å². The highest BCUT2D eigenvalue weighted by molar-refractivity contribution is 4.57. The van der Waals surface area contributed by atoms with Crippen LogP contribution in [0.3, 0.4) is 0 Å². The average molecular weight is 281 g/mol. The molecule has 3 N–H and O–H groups in total.